The molecule has 0 spiro atoms. The molecule has 0 aromatic heterocycles. The molecule has 1 N–H and O–H groups in total. The van der Waals surface area contributed by atoms with Crippen molar-refractivity contribution in [2.75, 3.05) is 6.54 Å². The fourth-order valence-corrected chi connectivity index (χ4v) is 0.547. The highest BCUT2D eigenvalue weighted by molar-refractivity contribution is 5.77. The van der Waals surface area contributed by atoms with Crippen LogP contribution in [0.5, 0.6) is 0 Å². The summed E-state index contributed by atoms with van der Waals surface area (Å²) in [6.07, 6.45) is 2.35. The van der Waals surface area contributed by atoms with Gasteiger partial charge in [0.05, 0.1) is 12.4 Å². The molecule has 0 aromatic carbocycles. The van der Waals surface area contributed by atoms with Gasteiger partial charge in [-0.15, -0.1) is 0 Å². The first-order valence-corrected chi connectivity index (χ1v) is 2.53. The van der Waals surface area contributed by atoms with Crippen molar-refractivity contribution in [3.05, 3.63) is 22.5 Å². The van der Waals surface area contributed by atoms with Gasteiger partial charge < -0.3 is 5.11 Å². The highest BCUT2D eigenvalue weighted by atomic mass is 16.7. The third-order valence-corrected chi connectivity index (χ3v) is 0.975. The van der Waals surface area contributed by atoms with Crippen LogP contribution in [0.15, 0.2) is 17.4 Å². The Labute approximate surface area is 56.2 Å². The lowest BCUT2D eigenvalue weighted by Gasteiger charge is -2.09. The van der Waals surface area contributed by atoms with Gasteiger partial charge >= 0.3 is 0 Å². The summed E-state index contributed by atoms with van der Waals surface area (Å²) in [6.45, 7) is -0.163. The van der Waals surface area contributed by atoms with E-state index in [1.807, 2.05) is 0 Å². The van der Waals surface area contributed by atoms with Crippen LogP contribution in [0.4, 0.5) is 0 Å². The largest absolute Gasteiger partial charge is 0.495 e. The normalized spacial score (nSPS) is 16.8. The van der Waals surface area contributed by atoms with Gasteiger partial charge in [-0.25, -0.2) is 15.1 Å². The van der Waals surface area contributed by atoms with E-state index in [1.54, 1.807) is 0 Å². The van der Waals surface area contributed by atoms with E-state index in [2.05, 4.69) is 4.99 Å². The molecule has 0 radical (unpaired) electrons. The fraction of sp³-hybridized carbons (Fsp3) is 0.250. The molecule has 0 unspecified atom stereocenters. The van der Waals surface area contributed by atoms with Crippen molar-refractivity contribution in [1.29, 1.82) is 0 Å². The highest BCUT2D eigenvalue weighted by Gasteiger charge is 2.15. The lowest BCUT2D eigenvalue weighted by Crippen LogP contribution is -2.31. The van der Waals surface area contributed by atoms with Crippen molar-refractivity contribution in [3.63, 3.8) is 0 Å². The first kappa shape index (κ1) is 6.53. The zero-order chi connectivity index (χ0) is 7.56. The molecule has 0 saturated carbocycles. The Morgan fingerprint density at radius 1 is 1.90 bits per heavy atom. The molecular weight excluding hydrogens is 138 g/mol. The van der Waals surface area contributed by atoms with Crippen LogP contribution in [-0.2, 0) is 0 Å². The summed E-state index contributed by atoms with van der Waals surface area (Å²) in [5, 5.41) is 18.8. The fourth-order valence-electron chi connectivity index (χ4n) is 0.547. The summed E-state index contributed by atoms with van der Waals surface area (Å²) in [7, 11) is 0. The number of hydrogen-bond donors (Lipinski definition) is 1. The second-order valence-corrected chi connectivity index (χ2v) is 1.68. The van der Waals surface area contributed by atoms with E-state index in [0.29, 0.717) is 0 Å². The number of rotatable bonds is 1. The van der Waals surface area contributed by atoms with Crippen molar-refractivity contribution >= 4 is 5.90 Å². The van der Waals surface area contributed by atoms with E-state index >= 15 is 0 Å². The zero-order valence-electron chi connectivity index (χ0n) is 4.97. The number of hydrogen-bond acceptors (Lipinski definition) is 3. The lowest BCUT2D eigenvalue weighted by molar-refractivity contribution is -0.637. The van der Waals surface area contributed by atoms with Crippen molar-refractivity contribution in [2.24, 2.45) is 4.99 Å². The maximum atomic E-state index is 10.0. The predicted molar refractivity (Wildman–Crippen MR) is 32.9 cm³/mol. The summed E-state index contributed by atoms with van der Waals surface area (Å²) in [5.41, 5.74) is 0. The summed E-state index contributed by atoms with van der Waals surface area (Å²) in [5.74, 6) is -0.251. The van der Waals surface area contributed by atoms with Gasteiger partial charge in [-0.3, -0.25) is 0 Å². The number of aliphatic hydroxyl groups is 1. The molecular formula is C4H5N3O3. The molecule has 1 rings (SSSR count). The van der Waals surface area contributed by atoms with Gasteiger partial charge in [0.1, 0.15) is 0 Å². The molecule has 54 valence electrons. The van der Waals surface area contributed by atoms with Crippen LogP contribution in [0.1, 0.15) is 0 Å². The molecule has 0 amide bonds. The molecule has 0 saturated heterocycles. The van der Waals surface area contributed by atoms with Crippen molar-refractivity contribution in [3.8, 4) is 0 Å². The molecule has 0 atom stereocenters. The van der Waals surface area contributed by atoms with Crippen LogP contribution in [0.3, 0.4) is 0 Å². The van der Waals surface area contributed by atoms with Gasteiger partial charge in [0, 0.05) is 0 Å². The maximum absolute atomic E-state index is 10.0. The molecule has 1 aliphatic heterocycles. The van der Waals surface area contributed by atoms with E-state index in [1.165, 1.54) is 12.4 Å². The number of nitrogens with zero attached hydrogens (tertiary/aromatic N) is 3. The zero-order valence-corrected chi connectivity index (χ0v) is 4.97. The molecule has 1 heterocycles. The van der Waals surface area contributed by atoms with Crippen molar-refractivity contribution < 1.29 is 10.1 Å². The van der Waals surface area contributed by atoms with Crippen molar-refractivity contribution in [1.82, 2.24) is 5.01 Å². The number of nitro groups is 1. The smallest absolute Gasteiger partial charge is 0.212 e. The summed E-state index contributed by atoms with van der Waals surface area (Å²) in [4.78, 5) is 13.4. The first-order chi connectivity index (χ1) is 4.70. The molecule has 6 nitrogen and oxygen atoms in total. The van der Waals surface area contributed by atoms with Crippen LogP contribution in [-0.4, -0.2) is 27.6 Å². The second-order valence-electron chi connectivity index (χ2n) is 1.68. The van der Waals surface area contributed by atoms with Crippen LogP contribution >= 0.6 is 0 Å². The number of hydrazine groups is 1. The average molecular weight is 143 g/mol. The molecule has 6 heteroatoms. The molecule has 0 bridgehead atoms. The van der Waals surface area contributed by atoms with Gasteiger partial charge in [0.15, 0.2) is 11.6 Å². The van der Waals surface area contributed by atoms with Crippen LogP contribution in [0.2, 0.25) is 0 Å². The first-order valence-electron chi connectivity index (χ1n) is 2.53. The van der Waals surface area contributed by atoms with E-state index in [0.717, 1.165) is 5.01 Å². The Bertz CT molecular complexity index is 210. The number of aliphatic hydroxyl groups excluding tert-OH is 1. The van der Waals surface area contributed by atoms with E-state index in [9.17, 15) is 10.1 Å². The Hall–Kier alpha value is -1.59. The molecule has 0 aliphatic carbocycles. The molecule has 10 heavy (non-hydrogen) atoms. The van der Waals surface area contributed by atoms with Gasteiger partial charge in [-0.1, -0.05) is 5.01 Å². The Morgan fingerprint density at radius 2 is 2.60 bits per heavy atom. The third-order valence-electron chi connectivity index (χ3n) is 0.975. The second kappa shape index (κ2) is 2.34. The quantitative estimate of drug-likeness (QED) is 0.411. The molecule has 1 aliphatic rings. The summed E-state index contributed by atoms with van der Waals surface area (Å²) in [6, 6.07) is 0. The van der Waals surface area contributed by atoms with Gasteiger partial charge in [0.2, 0.25) is 5.90 Å². The minimum absolute atomic E-state index is 0.163. The average Bonchev–Trinajstić information content (AvgIpc) is 1.88. The molecule has 0 fully saturated rings. The van der Waals surface area contributed by atoms with Crippen LogP contribution < -0.4 is 0 Å². The highest BCUT2D eigenvalue weighted by Crippen LogP contribution is 1.96. The Balaban J connectivity index is 2.64. The number of aliphatic imine (C=N–C) groups is 1. The predicted octanol–water partition coefficient (Wildman–Crippen LogP) is -0.0786. The minimum Gasteiger partial charge on any atom is -0.495 e. The van der Waals surface area contributed by atoms with Gasteiger partial charge in [-0.05, 0) is 0 Å². The van der Waals surface area contributed by atoms with Gasteiger partial charge in [0.25, 0.3) is 0 Å². The minimum atomic E-state index is -0.624. The lowest BCUT2D eigenvalue weighted by atomic mass is 10.5. The maximum Gasteiger partial charge on any atom is 0.212 e. The van der Waals surface area contributed by atoms with Crippen molar-refractivity contribution in [2.45, 2.75) is 0 Å². The summed E-state index contributed by atoms with van der Waals surface area (Å²) < 4.78 is 0. The third kappa shape index (κ3) is 1.22. The topological polar surface area (TPSA) is 79.0 Å². The van der Waals surface area contributed by atoms with Crippen LogP contribution in [0, 0.1) is 10.1 Å². The van der Waals surface area contributed by atoms with Gasteiger partial charge in [-0.2, -0.15) is 0 Å². The van der Waals surface area contributed by atoms with E-state index in [4.69, 9.17) is 5.11 Å². The van der Waals surface area contributed by atoms with E-state index < -0.39 is 5.03 Å². The van der Waals surface area contributed by atoms with E-state index in [-0.39, 0.29) is 12.4 Å². The Morgan fingerprint density at radius 3 is 3.00 bits per heavy atom. The molecule has 0 aromatic rings. The van der Waals surface area contributed by atoms with Crippen LogP contribution in [0.25, 0.3) is 0 Å². The standard InChI is InChI=1S/C4H5N3O3/c8-4-3-6(7(9)10)2-1-5-4/h1-2H,3H2,(H,5,8). The monoisotopic (exact) mass is 143 g/mol. The summed E-state index contributed by atoms with van der Waals surface area (Å²) >= 11 is 0. The SMILES string of the molecule is O=[N+]([O-])N1C=CN=C(O)C1. The Kier molecular flexibility index (Phi) is 1.53.